The standard InChI is InChI=1S/C30H25Cl2NO13/c1-14(34)43-21-7-5-16(9-23(21)41-3)29(39)45-25(27(36)33-20-12-18(31)11-19(32)13-20)26(28(37)38)46-30(40)17-6-8-22(44-15(2)35)24(10-17)42-4/h5-13,25-26H,1-4H3,(H,33,36)(H,37,38)/t25-,26+/m0/s1. The molecule has 14 nitrogen and oxygen atoms in total. The number of ether oxygens (including phenoxy) is 6. The van der Waals surface area contributed by atoms with Crippen molar-refractivity contribution in [3.05, 3.63) is 75.8 Å². The van der Waals surface area contributed by atoms with E-state index in [-0.39, 0.29) is 49.9 Å². The monoisotopic (exact) mass is 677 g/mol. The van der Waals surface area contributed by atoms with Crippen molar-refractivity contribution in [1.29, 1.82) is 0 Å². The van der Waals surface area contributed by atoms with Gasteiger partial charge < -0.3 is 38.8 Å². The van der Waals surface area contributed by atoms with Crippen LogP contribution >= 0.6 is 23.2 Å². The molecule has 1 amide bonds. The second kappa shape index (κ2) is 15.6. The lowest BCUT2D eigenvalue weighted by molar-refractivity contribution is -0.157. The van der Waals surface area contributed by atoms with E-state index < -0.39 is 48.0 Å². The van der Waals surface area contributed by atoms with E-state index in [1.807, 2.05) is 0 Å². The molecular formula is C30H25Cl2NO13. The summed E-state index contributed by atoms with van der Waals surface area (Å²) in [5.74, 6) is -7.17. The van der Waals surface area contributed by atoms with Gasteiger partial charge in [-0.25, -0.2) is 14.4 Å². The lowest BCUT2D eigenvalue weighted by atomic mass is 10.1. The zero-order valence-electron chi connectivity index (χ0n) is 24.5. The van der Waals surface area contributed by atoms with E-state index in [0.29, 0.717) is 0 Å². The second-order valence-corrected chi connectivity index (χ2v) is 9.93. The van der Waals surface area contributed by atoms with Crippen molar-refractivity contribution in [1.82, 2.24) is 0 Å². The molecule has 0 saturated carbocycles. The first-order valence-corrected chi connectivity index (χ1v) is 13.6. The van der Waals surface area contributed by atoms with Gasteiger partial charge in [0.25, 0.3) is 5.91 Å². The molecule has 3 rings (SSSR count). The van der Waals surface area contributed by atoms with E-state index in [4.69, 9.17) is 51.6 Å². The van der Waals surface area contributed by atoms with Crippen LogP contribution in [0, 0.1) is 0 Å². The number of methoxy groups -OCH3 is 2. The highest BCUT2D eigenvalue weighted by molar-refractivity contribution is 6.35. The fourth-order valence-corrected chi connectivity index (χ4v) is 4.29. The first-order chi connectivity index (χ1) is 21.7. The minimum Gasteiger partial charge on any atom is -0.493 e. The molecule has 0 aliphatic carbocycles. The van der Waals surface area contributed by atoms with Crippen molar-refractivity contribution >= 4 is 64.6 Å². The van der Waals surface area contributed by atoms with Gasteiger partial charge in [0.15, 0.2) is 23.0 Å². The highest BCUT2D eigenvalue weighted by Gasteiger charge is 2.41. The predicted molar refractivity (Wildman–Crippen MR) is 160 cm³/mol. The van der Waals surface area contributed by atoms with Gasteiger partial charge in [-0.2, -0.15) is 0 Å². The third-order valence-electron chi connectivity index (χ3n) is 5.68. The molecule has 0 bridgehead atoms. The summed E-state index contributed by atoms with van der Waals surface area (Å²) in [7, 11) is 2.46. The summed E-state index contributed by atoms with van der Waals surface area (Å²) >= 11 is 12.0. The van der Waals surface area contributed by atoms with E-state index in [1.165, 1.54) is 44.6 Å². The SMILES string of the molecule is COc1cc(C(=O)O[C@H](C(=O)Nc2cc(Cl)cc(Cl)c2)[C@@H](OC(=O)c2ccc(OC(C)=O)c(OC)c2)C(=O)O)ccc1OC(C)=O. The number of halogens is 2. The topological polar surface area (TPSA) is 190 Å². The van der Waals surface area contributed by atoms with Crippen LogP contribution in [0.5, 0.6) is 23.0 Å². The molecule has 0 heterocycles. The van der Waals surface area contributed by atoms with Gasteiger partial charge in [-0.15, -0.1) is 0 Å². The molecule has 0 radical (unpaired) electrons. The highest BCUT2D eigenvalue weighted by Crippen LogP contribution is 2.31. The van der Waals surface area contributed by atoms with E-state index in [9.17, 15) is 33.9 Å². The minimum atomic E-state index is -2.41. The molecule has 3 aromatic rings. The van der Waals surface area contributed by atoms with Crippen LogP contribution in [0.25, 0.3) is 0 Å². The third-order valence-corrected chi connectivity index (χ3v) is 6.12. The van der Waals surface area contributed by atoms with E-state index in [2.05, 4.69) is 5.32 Å². The van der Waals surface area contributed by atoms with Gasteiger partial charge in [0, 0.05) is 29.6 Å². The summed E-state index contributed by atoms with van der Waals surface area (Å²) in [6.45, 7) is 2.29. The van der Waals surface area contributed by atoms with E-state index in [1.54, 1.807) is 0 Å². The number of carbonyl (C=O) groups excluding carboxylic acids is 5. The van der Waals surface area contributed by atoms with Gasteiger partial charge in [0.2, 0.25) is 12.2 Å². The number of aliphatic carboxylic acids is 1. The van der Waals surface area contributed by atoms with Gasteiger partial charge in [-0.1, -0.05) is 23.2 Å². The Bertz CT molecular complexity index is 1670. The van der Waals surface area contributed by atoms with Crippen LogP contribution in [0.15, 0.2) is 54.6 Å². The molecule has 2 atom stereocenters. The maximum absolute atomic E-state index is 13.4. The summed E-state index contributed by atoms with van der Waals surface area (Å²) < 4.78 is 30.7. The van der Waals surface area contributed by atoms with Gasteiger partial charge in [-0.3, -0.25) is 14.4 Å². The van der Waals surface area contributed by atoms with Crippen LogP contribution in [0.1, 0.15) is 34.6 Å². The minimum absolute atomic E-state index is 0.00258. The van der Waals surface area contributed by atoms with Crippen molar-refractivity contribution in [2.75, 3.05) is 19.5 Å². The predicted octanol–water partition coefficient (Wildman–Crippen LogP) is 4.34. The zero-order valence-corrected chi connectivity index (χ0v) is 26.0. The smallest absolute Gasteiger partial charge is 0.349 e. The Morgan fingerprint density at radius 1 is 0.652 bits per heavy atom. The van der Waals surface area contributed by atoms with Gasteiger partial charge >= 0.3 is 29.8 Å². The van der Waals surface area contributed by atoms with Crippen LogP contribution in [0.4, 0.5) is 5.69 Å². The quantitative estimate of drug-likeness (QED) is 0.204. The first-order valence-electron chi connectivity index (χ1n) is 12.9. The molecule has 0 fully saturated rings. The van der Waals surface area contributed by atoms with Crippen molar-refractivity contribution in [2.24, 2.45) is 0 Å². The molecular weight excluding hydrogens is 653 g/mol. The maximum atomic E-state index is 13.4. The largest absolute Gasteiger partial charge is 0.493 e. The molecule has 0 aliphatic rings. The number of hydrogen-bond acceptors (Lipinski definition) is 12. The van der Waals surface area contributed by atoms with Crippen LogP contribution in [-0.4, -0.2) is 67.3 Å². The van der Waals surface area contributed by atoms with Crippen LogP contribution in [0.2, 0.25) is 10.0 Å². The summed E-state index contributed by atoms with van der Waals surface area (Å²) in [5.41, 5.74) is -0.522. The molecule has 0 aliphatic heterocycles. The number of esters is 4. The molecule has 0 aromatic heterocycles. The molecule has 3 aromatic carbocycles. The summed E-state index contributed by atoms with van der Waals surface area (Å²) in [5, 5.41) is 12.6. The van der Waals surface area contributed by atoms with Crippen molar-refractivity contribution < 1.29 is 62.3 Å². The van der Waals surface area contributed by atoms with Crippen molar-refractivity contribution in [3.8, 4) is 23.0 Å². The Morgan fingerprint density at radius 3 is 1.48 bits per heavy atom. The van der Waals surface area contributed by atoms with Crippen molar-refractivity contribution in [3.63, 3.8) is 0 Å². The Hall–Kier alpha value is -5.34. The molecule has 16 heteroatoms. The Balaban J connectivity index is 1.99. The normalized spacial score (nSPS) is 11.7. The molecule has 0 unspecified atom stereocenters. The second-order valence-electron chi connectivity index (χ2n) is 9.06. The van der Waals surface area contributed by atoms with Gasteiger partial charge in [-0.05, 0) is 54.6 Å². The molecule has 2 N–H and O–H groups in total. The number of carboxylic acid groups (broad SMARTS) is 1. The summed E-state index contributed by atoms with van der Waals surface area (Å²) in [4.78, 5) is 74.9. The van der Waals surface area contributed by atoms with Crippen molar-refractivity contribution in [2.45, 2.75) is 26.1 Å². The summed E-state index contributed by atoms with van der Waals surface area (Å²) in [6, 6.07) is 10.9. The lowest BCUT2D eigenvalue weighted by Crippen LogP contribution is -2.48. The Morgan fingerprint density at radius 2 is 1.09 bits per heavy atom. The average molecular weight is 678 g/mol. The fourth-order valence-electron chi connectivity index (χ4n) is 3.77. The number of benzene rings is 3. The summed E-state index contributed by atoms with van der Waals surface area (Å²) in [6.07, 6.45) is -4.71. The number of hydrogen-bond donors (Lipinski definition) is 2. The number of amides is 1. The number of carbonyl (C=O) groups is 6. The number of carboxylic acids is 1. The molecule has 0 saturated heterocycles. The maximum Gasteiger partial charge on any atom is 0.349 e. The molecule has 46 heavy (non-hydrogen) atoms. The lowest BCUT2D eigenvalue weighted by Gasteiger charge is -2.24. The zero-order chi connectivity index (χ0) is 34.1. The van der Waals surface area contributed by atoms with Crippen LogP contribution < -0.4 is 24.3 Å². The number of anilines is 1. The van der Waals surface area contributed by atoms with E-state index >= 15 is 0 Å². The average Bonchev–Trinajstić information content (AvgIpc) is 2.97. The van der Waals surface area contributed by atoms with Crippen LogP contribution in [0.3, 0.4) is 0 Å². The van der Waals surface area contributed by atoms with Gasteiger partial charge in [0.05, 0.1) is 25.3 Å². The van der Waals surface area contributed by atoms with E-state index in [0.717, 1.165) is 38.1 Å². The third kappa shape index (κ3) is 9.33. The number of nitrogens with one attached hydrogen (secondary N) is 1. The van der Waals surface area contributed by atoms with Crippen LogP contribution in [-0.2, 0) is 28.7 Å². The molecule has 242 valence electrons. The highest BCUT2D eigenvalue weighted by atomic mass is 35.5. The Kier molecular flexibility index (Phi) is 11.9. The first kappa shape index (κ1) is 35.1. The molecule has 0 spiro atoms. The van der Waals surface area contributed by atoms with Gasteiger partial charge in [0.1, 0.15) is 0 Å². The Labute approximate surface area is 271 Å². The fraction of sp³-hybridized carbons (Fsp3) is 0.200. The number of rotatable bonds is 12.